The van der Waals surface area contributed by atoms with Crippen molar-refractivity contribution in [1.29, 1.82) is 0 Å². The number of allylic oxidation sites excluding steroid dienone is 1. The number of Topliss-reactive ketones (excluding diaryl/α,β-unsaturated/α-hetero) is 1. The number of carbonyl (C=O) groups excluding carboxylic acids is 3. The topological polar surface area (TPSA) is 70.0 Å². The first-order valence-electron chi connectivity index (χ1n) is 9.29. The molecule has 0 unspecified atom stereocenters. The highest BCUT2D eigenvalue weighted by molar-refractivity contribution is 9.10. The summed E-state index contributed by atoms with van der Waals surface area (Å²) in [7, 11) is 0. The lowest BCUT2D eigenvalue weighted by molar-refractivity contribution is -0.123. The molecule has 144 valence electrons. The smallest absolute Gasteiger partial charge is 0.240 e. The highest BCUT2D eigenvalue weighted by Gasteiger charge is 2.64. The molecule has 2 fully saturated rings. The van der Waals surface area contributed by atoms with Gasteiger partial charge < -0.3 is 0 Å². The van der Waals surface area contributed by atoms with Crippen LogP contribution in [0.5, 0.6) is 0 Å². The maximum Gasteiger partial charge on any atom is 0.240 e. The van der Waals surface area contributed by atoms with Gasteiger partial charge in [0.05, 0.1) is 23.6 Å². The lowest BCUT2D eigenvalue weighted by Crippen LogP contribution is -2.46. The maximum absolute atomic E-state index is 13.4. The van der Waals surface area contributed by atoms with Gasteiger partial charge in [-0.15, -0.1) is 0 Å². The Morgan fingerprint density at radius 2 is 1.72 bits per heavy atom. The van der Waals surface area contributed by atoms with Gasteiger partial charge in [-0.3, -0.25) is 19.4 Å². The maximum atomic E-state index is 13.4. The van der Waals surface area contributed by atoms with Crippen molar-refractivity contribution in [3.05, 3.63) is 76.8 Å². The van der Waals surface area contributed by atoms with Crippen LogP contribution >= 0.6 is 15.9 Å². The number of rotatable bonds is 3. The summed E-state index contributed by atoms with van der Waals surface area (Å²) in [6, 6.07) is 14.7. The van der Waals surface area contributed by atoms with Gasteiger partial charge in [0.2, 0.25) is 11.8 Å². The molecular weight excluding hydrogens is 434 g/mol. The minimum absolute atomic E-state index is 0.201. The molecule has 2 aromatic carbocycles. The summed E-state index contributed by atoms with van der Waals surface area (Å²) < 4.78 is 0.772. The van der Waals surface area contributed by atoms with Gasteiger partial charge in [0.25, 0.3) is 0 Å². The Hall–Kier alpha value is -3.06. The second-order valence-electron chi connectivity index (χ2n) is 7.24. The third-order valence-corrected chi connectivity index (χ3v) is 6.18. The number of hydrogen-bond acceptors (Lipinski definition) is 5. The van der Waals surface area contributed by atoms with Crippen molar-refractivity contribution in [2.45, 2.75) is 12.1 Å². The van der Waals surface area contributed by atoms with Crippen LogP contribution < -0.4 is 4.90 Å². The van der Waals surface area contributed by atoms with Crippen LogP contribution in [0.25, 0.3) is 0 Å². The molecule has 3 aliphatic rings. The Balaban J connectivity index is 1.59. The third kappa shape index (κ3) is 2.68. The molecule has 2 aromatic rings. The summed E-state index contributed by atoms with van der Waals surface area (Å²) in [6.07, 6.45) is 5.19. The van der Waals surface area contributed by atoms with E-state index in [1.807, 2.05) is 18.2 Å². The molecule has 6 nitrogen and oxygen atoms in total. The number of fused-ring (bicyclic) bond motifs is 3. The molecule has 3 heterocycles. The highest BCUT2D eigenvalue weighted by atomic mass is 79.9. The summed E-state index contributed by atoms with van der Waals surface area (Å²) in [4.78, 5) is 41.4. The van der Waals surface area contributed by atoms with E-state index in [-0.39, 0.29) is 17.6 Å². The zero-order chi connectivity index (χ0) is 20.1. The summed E-state index contributed by atoms with van der Waals surface area (Å²) in [5, 5.41) is 5.98. The average molecular weight is 450 g/mol. The standard InChI is InChI=1S/C22H16BrN3O3/c23-14-8-4-9-15(12-14)25-21(28)17-16-10-5-11-24-26(16)19(18(17)22(25)29)20(27)13-6-2-1-3-7-13/h1-12,16-19H/t16-,17+,18+,19-/m1/s1. The molecule has 0 N–H and O–H groups in total. The fourth-order valence-electron chi connectivity index (χ4n) is 4.48. The molecule has 4 atom stereocenters. The molecule has 0 saturated carbocycles. The molecule has 5 rings (SSSR count). The van der Waals surface area contributed by atoms with E-state index in [1.54, 1.807) is 59.8 Å². The predicted molar refractivity (Wildman–Crippen MR) is 111 cm³/mol. The molecule has 0 spiro atoms. The molecule has 2 saturated heterocycles. The van der Waals surface area contributed by atoms with Gasteiger partial charge >= 0.3 is 0 Å². The zero-order valence-corrected chi connectivity index (χ0v) is 16.8. The quantitative estimate of drug-likeness (QED) is 0.533. The second kappa shape index (κ2) is 6.77. The van der Waals surface area contributed by atoms with Gasteiger partial charge in [0, 0.05) is 16.3 Å². The van der Waals surface area contributed by atoms with Crippen molar-refractivity contribution in [3.63, 3.8) is 0 Å². The Labute approximate surface area is 175 Å². The van der Waals surface area contributed by atoms with Crippen molar-refractivity contribution in [3.8, 4) is 0 Å². The highest BCUT2D eigenvalue weighted by Crippen LogP contribution is 2.46. The molecule has 0 aromatic heterocycles. The monoisotopic (exact) mass is 449 g/mol. The van der Waals surface area contributed by atoms with E-state index < -0.39 is 23.9 Å². The number of carbonyl (C=O) groups is 3. The Bertz CT molecular complexity index is 1080. The molecule has 0 radical (unpaired) electrons. The number of amides is 2. The van der Waals surface area contributed by atoms with Crippen LogP contribution in [0.15, 0.2) is 76.3 Å². The normalized spacial score (nSPS) is 27.3. The van der Waals surface area contributed by atoms with Crippen LogP contribution in [0.2, 0.25) is 0 Å². The van der Waals surface area contributed by atoms with Crippen molar-refractivity contribution in [2.75, 3.05) is 4.90 Å². The second-order valence-corrected chi connectivity index (χ2v) is 8.15. The number of halogens is 1. The van der Waals surface area contributed by atoms with Crippen molar-refractivity contribution in [1.82, 2.24) is 5.01 Å². The first-order chi connectivity index (χ1) is 14.1. The van der Waals surface area contributed by atoms with Gasteiger partial charge in [0.15, 0.2) is 5.78 Å². The van der Waals surface area contributed by atoms with Gasteiger partial charge in [-0.1, -0.05) is 58.4 Å². The fourth-order valence-corrected chi connectivity index (χ4v) is 4.87. The van der Waals surface area contributed by atoms with Crippen LogP contribution in [-0.2, 0) is 9.59 Å². The summed E-state index contributed by atoms with van der Waals surface area (Å²) >= 11 is 3.39. The average Bonchev–Trinajstić information content (AvgIpc) is 3.21. The SMILES string of the molecule is O=C(c1ccccc1)[C@H]1[C@H]2C(=O)N(c3cccc(Br)c3)C(=O)[C@H]2[C@H]2C=CC=NN21. The summed E-state index contributed by atoms with van der Waals surface area (Å²) in [5.41, 5.74) is 1.01. The lowest BCUT2D eigenvalue weighted by atomic mass is 9.86. The van der Waals surface area contributed by atoms with Crippen LogP contribution in [0.3, 0.4) is 0 Å². The fraction of sp³-hybridized carbons (Fsp3) is 0.182. The minimum Gasteiger partial charge on any atom is -0.292 e. The molecule has 29 heavy (non-hydrogen) atoms. The van der Waals surface area contributed by atoms with E-state index in [9.17, 15) is 14.4 Å². The van der Waals surface area contributed by atoms with E-state index in [2.05, 4.69) is 21.0 Å². The van der Waals surface area contributed by atoms with Crippen LogP contribution in [-0.4, -0.2) is 40.9 Å². The van der Waals surface area contributed by atoms with E-state index >= 15 is 0 Å². The Kier molecular flexibility index (Phi) is 4.20. The number of ketones is 1. The number of nitrogens with zero attached hydrogens (tertiary/aromatic N) is 3. The van der Waals surface area contributed by atoms with Gasteiger partial charge in [0.1, 0.15) is 6.04 Å². The number of hydrazone groups is 1. The van der Waals surface area contributed by atoms with Crippen molar-refractivity contribution in [2.24, 2.45) is 16.9 Å². The summed E-state index contributed by atoms with van der Waals surface area (Å²) in [6.45, 7) is 0. The molecule has 2 amide bonds. The van der Waals surface area contributed by atoms with E-state index in [4.69, 9.17) is 0 Å². The molecule has 3 aliphatic heterocycles. The number of hydrogen-bond donors (Lipinski definition) is 0. The Morgan fingerprint density at radius 1 is 0.966 bits per heavy atom. The van der Waals surface area contributed by atoms with E-state index in [1.165, 1.54) is 4.90 Å². The van der Waals surface area contributed by atoms with Crippen LogP contribution in [0.4, 0.5) is 5.69 Å². The minimum atomic E-state index is -0.817. The first-order valence-corrected chi connectivity index (χ1v) is 10.1. The number of benzene rings is 2. The number of anilines is 1. The molecular formula is C22H16BrN3O3. The zero-order valence-electron chi connectivity index (χ0n) is 15.2. The molecule has 0 bridgehead atoms. The first kappa shape index (κ1) is 18.0. The Morgan fingerprint density at radius 3 is 2.48 bits per heavy atom. The van der Waals surface area contributed by atoms with Gasteiger partial charge in [-0.2, -0.15) is 5.10 Å². The predicted octanol–water partition coefficient (Wildman–Crippen LogP) is 3.05. The summed E-state index contributed by atoms with van der Waals surface area (Å²) in [5.74, 6) is -2.27. The largest absolute Gasteiger partial charge is 0.292 e. The lowest BCUT2D eigenvalue weighted by Gasteiger charge is -2.30. The van der Waals surface area contributed by atoms with E-state index in [0.29, 0.717) is 11.3 Å². The molecule has 0 aliphatic carbocycles. The van der Waals surface area contributed by atoms with Crippen LogP contribution in [0.1, 0.15) is 10.4 Å². The van der Waals surface area contributed by atoms with Gasteiger partial charge in [-0.25, -0.2) is 4.90 Å². The van der Waals surface area contributed by atoms with Gasteiger partial charge in [-0.05, 0) is 24.3 Å². The van der Waals surface area contributed by atoms with Crippen molar-refractivity contribution >= 4 is 45.4 Å². The molecule has 7 heteroatoms. The van der Waals surface area contributed by atoms with Crippen molar-refractivity contribution < 1.29 is 14.4 Å². The van der Waals surface area contributed by atoms with E-state index in [0.717, 1.165) is 4.47 Å². The number of imide groups is 1. The van der Waals surface area contributed by atoms with Crippen LogP contribution in [0, 0.1) is 11.8 Å². The third-order valence-electron chi connectivity index (χ3n) is 5.68.